The highest BCUT2D eigenvalue weighted by Gasteiger charge is 2.20. The highest BCUT2D eigenvalue weighted by Crippen LogP contribution is 2.18. The first-order valence-corrected chi connectivity index (χ1v) is 33.7. The van der Waals surface area contributed by atoms with E-state index in [-0.39, 0.29) is 18.5 Å². The van der Waals surface area contributed by atoms with E-state index >= 15 is 0 Å². The van der Waals surface area contributed by atoms with Gasteiger partial charge >= 0.3 is 5.97 Å². The van der Waals surface area contributed by atoms with Crippen molar-refractivity contribution in [1.29, 1.82) is 0 Å². The fourth-order valence-electron chi connectivity index (χ4n) is 10.5. The van der Waals surface area contributed by atoms with Crippen molar-refractivity contribution >= 4 is 11.9 Å². The number of hydrogen-bond donors (Lipinski definition) is 3. The summed E-state index contributed by atoms with van der Waals surface area (Å²) in [5, 5.41) is 23.3. The second kappa shape index (κ2) is 64.6. The Balaban J connectivity index is 3.35. The molecule has 0 radical (unpaired) electrons. The number of hydrogen-bond acceptors (Lipinski definition) is 5. The van der Waals surface area contributed by atoms with Gasteiger partial charge < -0.3 is 20.3 Å². The number of rotatable bonds is 63. The van der Waals surface area contributed by atoms with Crippen molar-refractivity contribution in [3.8, 4) is 0 Å². The Labute approximate surface area is 468 Å². The fraction of sp³-hybridized carbons (Fsp3) is 0.884. The third kappa shape index (κ3) is 61.2. The second-order valence-electron chi connectivity index (χ2n) is 23.1. The van der Waals surface area contributed by atoms with Crippen LogP contribution < -0.4 is 5.32 Å². The highest BCUT2D eigenvalue weighted by atomic mass is 16.5. The summed E-state index contributed by atoms with van der Waals surface area (Å²) >= 11 is 0. The molecule has 0 bridgehead atoms. The maximum absolute atomic E-state index is 12.5. The Bertz CT molecular complexity index is 1210. The largest absolute Gasteiger partial charge is 0.466 e. The molecule has 0 rings (SSSR count). The molecule has 0 aliphatic rings. The van der Waals surface area contributed by atoms with Gasteiger partial charge in [0.15, 0.2) is 0 Å². The topological polar surface area (TPSA) is 95.9 Å². The molecule has 2 atom stereocenters. The van der Waals surface area contributed by atoms with E-state index in [1.165, 1.54) is 283 Å². The zero-order chi connectivity index (χ0) is 54.3. The highest BCUT2D eigenvalue weighted by molar-refractivity contribution is 5.76. The van der Waals surface area contributed by atoms with Crippen LogP contribution in [0.4, 0.5) is 0 Å². The molecule has 2 unspecified atom stereocenters. The number of esters is 1. The van der Waals surface area contributed by atoms with Crippen LogP contribution in [0.1, 0.15) is 367 Å². The van der Waals surface area contributed by atoms with E-state index < -0.39 is 12.1 Å². The molecule has 0 fully saturated rings. The van der Waals surface area contributed by atoms with Gasteiger partial charge in [-0.2, -0.15) is 0 Å². The average molecular weight is 1050 g/mol. The molecular weight excluding hydrogens is 923 g/mol. The molecule has 0 saturated carbocycles. The van der Waals surface area contributed by atoms with Gasteiger partial charge in [-0.15, -0.1) is 0 Å². The van der Waals surface area contributed by atoms with Crippen LogP contribution in [0.15, 0.2) is 36.5 Å². The molecule has 0 aromatic carbocycles. The molecule has 75 heavy (non-hydrogen) atoms. The number of carbonyl (C=O) groups is 2. The van der Waals surface area contributed by atoms with Crippen LogP contribution in [0.2, 0.25) is 0 Å². The number of amides is 1. The van der Waals surface area contributed by atoms with Gasteiger partial charge in [-0.1, -0.05) is 314 Å². The Kier molecular flexibility index (Phi) is 63.0. The summed E-state index contributed by atoms with van der Waals surface area (Å²) in [7, 11) is 0. The van der Waals surface area contributed by atoms with E-state index in [0.717, 1.165) is 51.4 Å². The minimum atomic E-state index is -0.661. The maximum atomic E-state index is 12.5. The molecule has 3 N–H and O–H groups in total. The van der Waals surface area contributed by atoms with Gasteiger partial charge in [0.25, 0.3) is 0 Å². The second-order valence-corrected chi connectivity index (χ2v) is 23.1. The van der Waals surface area contributed by atoms with E-state index in [9.17, 15) is 19.8 Å². The van der Waals surface area contributed by atoms with Crippen LogP contribution in [-0.4, -0.2) is 47.4 Å². The lowest BCUT2D eigenvalue weighted by Gasteiger charge is -2.22. The Morgan fingerprint density at radius 3 is 1.08 bits per heavy atom. The lowest BCUT2D eigenvalue weighted by atomic mass is 10.0. The Hall–Kier alpha value is -1.92. The van der Waals surface area contributed by atoms with Crippen LogP contribution in [0.3, 0.4) is 0 Å². The van der Waals surface area contributed by atoms with Crippen molar-refractivity contribution in [1.82, 2.24) is 5.32 Å². The van der Waals surface area contributed by atoms with Crippen LogP contribution in [0.5, 0.6) is 0 Å². The molecule has 442 valence electrons. The third-order valence-corrected chi connectivity index (χ3v) is 15.6. The molecule has 0 spiro atoms. The van der Waals surface area contributed by atoms with Gasteiger partial charge in [-0.25, -0.2) is 0 Å². The molecule has 0 aliphatic heterocycles. The van der Waals surface area contributed by atoms with Gasteiger partial charge in [-0.05, 0) is 77.0 Å². The summed E-state index contributed by atoms with van der Waals surface area (Å²) in [6.45, 7) is 4.90. The number of ether oxygens (including phenoxy) is 1. The van der Waals surface area contributed by atoms with Crippen LogP contribution in [0.25, 0.3) is 0 Å². The molecule has 0 aromatic rings. The van der Waals surface area contributed by atoms with Gasteiger partial charge in [0.2, 0.25) is 5.91 Å². The zero-order valence-corrected chi connectivity index (χ0v) is 50.5. The average Bonchev–Trinajstić information content (AvgIpc) is 3.41. The predicted molar refractivity (Wildman–Crippen MR) is 329 cm³/mol. The zero-order valence-electron chi connectivity index (χ0n) is 50.5. The first-order valence-electron chi connectivity index (χ1n) is 33.7. The van der Waals surface area contributed by atoms with E-state index in [1.54, 1.807) is 0 Å². The van der Waals surface area contributed by atoms with E-state index in [2.05, 4.69) is 55.6 Å². The quantitative estimate of drug-likeness (QED) is 0.0320. The lowest BCUT2D eigenvalue weighted by Crippen LogP contribution is -2.45. The maximum Gasteiger partial charge on any atom is 0.305 e. The minimum Gasteiger partial charge on any atom is -0.466 e. The molecule has 0 aromatic heterocycles. The van der Waals surface area contributed by atoms with E-state index in [4.69, 9.17) is 4.74 Å². The van der Waals surface area contributed by atoms with Crippen LogP contribution in [-0.2, 0) is 14.3 Å². The van der Waals surface area contributed by atoms with Gasteiger partial charge in [-0.3, -0.25) is 9.59 Å². The lowest BCUT2D eigenvalue weighted by molar-refractivity contribution is -0.143. The molecule has 1 amide bonds. The third-order valence-electron chi connectivity index (χ3n) is 15.6. The molecule has 0 aliphatic carbocycles. The van der Waals surface area contributed by atoms with Crippen molar-refractivity contribution in [2.24, 2.45) is 0 Å². The summed E-state index contributed by atoms with van der Waals surface area (Å²) < 4.78 is 5.47. The molecule has 0 saturated heterocycles. The summed E-state index contributed by atoms with van der Waals surface area (Å²) in [5.74, 6) is -0.0281. The summed E-state index contributed by atoms with van der Waals surface area (Å²) in [6, 6.07) is -0.539. The van der Waals surface area contributed by atoms with Gasteiger partial charge in [0.1, 0.15) is 0 Å². The van der Waals surface area contributed by atoms with Crippen LogP contribution in [0, 0.1) is 0 Å². The normalized spacial score (nSPS) is 12.7. The van der Waals surface area contributed by atoms with E-state index in [1.807, 2.05) is 0 Å². The smallest absolute Gasteiger partial charge is 0.305 e. The molecule has 0 heterocycles. The summed E-state index contributed by atoms with van der Waals surface area (Å²) in [4.78, 5) is 24.5. The van der Waals surface area contributed by atoms with Gasteiger partial charge in [0, 0.05) is 12.8 Å². The Morgan fingerprint density at radius 1 is 0.373 bits per heavy atom. The monoisotopic (exact) mass is 1050 g/mol. The van der Waals surface area contributed by atoms with Crippen molar-refractivity contribution in [3.63, 3.8) is 0 Å². The van der Waals surface area contributed by atoms with Gasteiger partial charge in [0.05, 0.1) is 25.4 Å². The SMILES string of the molecule is CCC/C=C\C/C=C\CCCCCCCC(=O)OCCCCCCCCCCCCCC/C=C\CCCCCCCCCCCCCCCCCCC(=O)NC(CO)C(O)CCCCCCCCCCCCCCC. The van der Waals surface area contributed by atoms with Crippen LogP contribution >= 0.6 is 0 Å². The van der Waals surface area contributed by atoms with E-state index in [0.29, 0.717) is 25.9 Å². The first-order chi connectivity index (χ1) is 37.0. The first kappa shape index (κ1) is 73.1. The van der Waals surface area contributed by atoms with Crippen molar-refractivity contribution in [2.45, 2.75) is 379 Å². The Morgan fingerprint density at radius 2 is 0.693 bits per heavy atom. The number of carbonyl (C=O) groups excluding carboxylic acids is 2. The number of unbranched alkanes of at least 4 members (excludes halogenated alkanes) is 46. The standard InChI is InChI=1S/C69H131NO5/c1-3-5-7-9-11-13-15-37-41-45-49-53-57-61-67(72)66(65-71)70-68(73)62-58-54-50-46-42-39-35-33-31-29-27-25-23-21-19-17-18-20-22-24-26-28-30-32-34-36-40-44-48-52-56-60-64-75-69(74)63-59-55-51-47-43-38-16-14-12-10-8-6-4-2/h8,10,14,16,20,22,66-67,71-72H,3-7,9,11-13,15,17-19,21,23-65H2,1-2H3,(H,70,73)/b10-8-,16-14-,22-20-. The number of nitrogens with one attached hydrogen (secondary N) is 1. The fourth-order valence-corrected chi connectivity index (χ4v) is 10.5. The van der Waals surface area contributed by atoms with Crippen molar-refractivity contribution < 1.29 is 24.5 Å². The molecular formula is C69H131NO5. The predicted octanol–water partition coefficient (Wildman–Crippen LogP) is 21.5. The van der Waals surface area contributed by atoms with Crippen molar-refractivity contribution in [2.75, 3.05) is 13.2 Å². The summed E-state index contributed by atoms with van der Waals surface area (Å²) in [6.07, 6.45) is 81.9. The molecule has 6 heteroatoms. The molecule has 6 nitrogen and oxygen atoms in total. The minimum absolute atomic E-state index is 0.00287. The number of allylic oxidation sites excluding steroid dienone is 6. The number of aliphatic hydroxyl groups is 2. The number of aliphatic hydroxyl groups excluding tert-OH is 2. The van der Waals surface area contributed by atoms with Crippen molar-refractivity contribution in [3.05, 3.63) is 36.5 Å². The summed E-state index contributed by atoms with van der Waals surface area (Å²) in [5.41, 5.74) is 0.